The first kappa shape index (κ1) is 22.6. The van der Waals surface area contributed by atoms with Gasteiger partial charge in [-0.15, -0.1) is 0 Å². The predicted molar refractivity (Wildman–Crippen MR) is 106 cm³/mol. The first-order chi connectivity index (χ1) is 12.9. The summed E-state index contributed by atoms with van der Waals surface area (Å²) >= 11 is 0. The fraction of sp³-hybridized carbons (Fsp3) is 0.455. The van der Waals surface area contributed by atoms with Crippen LogP contribution in [0.25, 0.3) is 0 Å². The number of likely N-dealkylation sites (N-methyl/N-ethyl adjacent to an activating group) is 1. The Morgan fingerprint density at radius 1 is 0.857 bits per heavy atom. The number of halogens is 1. The van der Waals surface area contributed by atoms with Gasteiger partial charge in [-0.3, -0.25) is 0 Å². The minimum absolute atomic E-state index is 0. The van der Waals surface area contributed by atoms with Crippen molar-refractivity contribution in [1.82, 2.24) is 0 Å². The van der Waals surface area contributed by atoms with Crippen LogP contribution in [0, 0.1) is 0 Å². The number of rotatable bonds is 6. The largest absolute Gasteiger partial charge is 1.00 e. The zero-order valence-electron chi connectivity index (χ0n) is 17.5. The van der Waals surface area contributed by atoms with E-state index >= 15 is 0 Å². The second-order valence-corrected chi connectivity index (χ2v) is 7.56. The first-order valence-electron chi connectivity index (χ1n) is 9.22. The predicted octanol–water partition coefficient (Wildman–Crippen LogP) is 0.641. The lowest BCUT2D eigenvalue weighted by atomic mass is 9.86. The van der Waals surface area contributed by atoms with Crippen LogP contribution in [0.3, 0.4) is 0 Å². The minimum atomic E-state index is 0. The smallest absolute Gasteiger partial charge is 0.160 e. The quantitative estimate of drug-likeness (QED) is 0.432. The Bertz CT molecular complexity index is 805. The number of hydrogen-bond acceptors (Lipinski definition) is 4. The zero-order valence-corrected chi connectivity index (χ0v) is 19.7. The van der Waals surface area contributed by atoms with Gasteiger partial charge in [-0.1, -0.05) is 6.07 Å². The highest BCUT2D eigenvalue weighted by Gasteiger charge is 2.38. The summed E-state index contributed by atoms with van der Waals surface area (Å²) in [4.78, 5) is 0. The highest BCUT2D eigenvalue weighted by atomic mass is 127. The van der Waals surface area contributed by atoms with Gasteiger partial charge in [-0.2, -0.15) is 0 Å². The number of fused-ring (bicyclic) bond motifs is 1. The van der Waals surface area contributed by atoms with Crippen molar-refractivity contribution in [3.63, 3.8) is 0 Å². The molecule has 6 heteroatoms. The fourth-order valence-electron chi connectivity index (χ4n) is 4.02. The summed E-state index contributed by atoms with van der Waals surface area (Å²) in [6, 6.07) is 10.6. The van der Waals surface area contributed by atoms with Gasteiger partial charge in [0, 0.05) is 18.9 Å². The van der Waals surface area contributed by atoms with Crippen molar-refractivity contribution in [2.45, 2.75) is 18.9 Å². The van der Waals surface area contributed by atoms with E-state index in [9.17, 15) is 0 Å². The van der Waals surface area contributed by atoms with Crippen LogP contribution in [0.15, 0.2) is 30.3 Å². The average Bonchev–Trinajstić information content (AvgIpc) is 2.68. The van der Waals surface area contributed by atoms with Gasteiger partial charge in [0.2, 0.25) is 0 Å². The summed E-state index contributed by atoms with van der Waals surface area (Å²) in [5, 5.41) is 0. The molecular weight excluding hydrogens is 469 g/mol. The highest BCUT2D eigenvalue weighted by Crippen LogP contribution is 2.43. The third-order valence-corrected chi connectivity index (χ3v) is 5.67. The monoisotopic (exact) mass is 499 g/mol. The number of hydrogen-bond donors (Lipinski definition) is 0. The molecule has 0 saturated carbocycles. The van der Waals surface area contributed by atoms with Gasteiger partial charge in [-0.05, 0) is 29.3 Å². The van der Waals surface area contributed by atoms with E-state index in [-0.39, 0.29) is 30.0 Å². The lowest BCUT2D eigenvalue weighted by molar-refractivity contribution is -0.923. The molecule has 0 N–H and O–H groups in total. The van der Waals surface area contributed by atoms with E-state index in [1.54, 1.807) is 28.4 Å². The molecule has 1 aliphatic heterocycles. The summed E-state index contributed by atoms with van der Waals surface area (Å²) in [5.41, 5.74) is 3.81. The van der Waals surface area contributed by atoms with E-state index in [1.807, 2.05) is 12.1 Å². The maximum atomic E-state index is 5.76. The molecule has 1 unspecified atom stereocenters. The van der Waals surface area contributed by atoms with Crippen molar-refractivity contribution in [1.29, 1.82) is 0 Å². The molecule has 0 bridgehead atoms. The molecule has 154 valence electrons. The molecule has 0 fully saturated rings. The minimum Gasteiger partial charge on any atom is -1.00 e. The standard InChI is InChI=1S/C22H30NO4.HI/c1-23(2)10-9-16-13-17(24-3)14-21(27-6)22(16)18(23)11-15-7-8-19(25-4)20(12-15)26-5;/h7-8,12-14,18H,9-11H2,1-6H3;1H/q+1;/p-1. The van der Waals surface area contributed by atoms with E-state index in [0.717, 1.165) is 46.9 Å². The third-order valence-electron chi connectivity index (χ3n) is 5.67. The Labute approximate surface area is 185 Å². The van der Waals surface area contributed by atoms with Gasteiger partial charge in [-0.25, -0.2) is 0 Å². The molecule has 1 aliphatic rings. The van der Waals surface area contributed by atoms with Crippen LogP contribution >= 0.6 is 0 Å². The summed E-state index contributed by atoms with van der Waals surface area (Å²) in [7, 11) is 11.3. The normalized spacial score (nSPS) is 17.1. The van der Waals surface area contributed by atoms with Gasteiger partial charge in [0.15, 0.2) is 11.5 Å². The number of quaternary nitrogens is 1. The van der Waals surface area contributed by atoms with E-state index in [2.05, 4.69) is 32.3 Å². The molecule has 1 heterocycles. The molecule has 0 radical (unpaired) electrons. The zero-order chi connectivity index (χ0) is 19.6. The SMILES string of the molecule is COc1cc2c(c(OC)c1)C(Cc1ccc(OC)c(OC)c1)[N+](C)(C)CC2.[I-]. The van der Waals surface area contributed by atoms with Gasteiger partial charge in [0.05, 0.1) is 54.6 Å². The van der Waals surface area contributed by atoms with Crippen molar-refractivity contribution >= 4 is 0 Å². The lowest BCUT2D eigenvalue weighted by Gasteiger charge is -2.43. The Morgan fingerprint density at radius 2 is 1.54 bits per heavy atom. The summed E-state index contributed by atoms with van der Waals surface area (Å²) in [6.07, 6.45) is 1.90. The van der Waals surface area contributed by atoms with Gasteiger partial charge in [0.1, 0.15) is 17.5 Å². The number of nitrogens with zero attached hydrogens (tertiary/aromatic N) is 1. The molecule has 0 amide bonds. The topological polar surface area (TPSA) is 36.9 Å². The molecule has 1 atom stereocenters. The Morgan fingerprint density at radius 3 is 2.14 bits per heavy atom. The van der Waals surface area contributed by atoms with E-state index in [0.29, 0.717) is 0 Å². The molecule has 0 spiro atoms. The van der Waals surface area contributed by atoms with Crippen LogP contribution in [0.1, 0.15) is 22.7 Å². The van der Waals surface area contributed by atoms with Crippen molar-refractivity contribution in [3.8, 4) is 23.0 Å². The van der Waals surface area contributed by atoms with Crippen LogP contribution in [0.2, 0.25) is 0 Å². The second-order valence-electron chi connectivity index (χ2n) is 7.56. The van der Waals surface area contributed by atoms with E-state index in [1.165, 1.54) is 16.7 Å². The molecule has 0 aromatic heterocycles. The van der Waals surface area contributed by atoms with Gasteiger partial charge >= 0.3 is 0 Å². The van der Waals surface area contributed by atoms with Crippen molar-refractivity contribution in [2.24, 2.45) is 0 Å². The number of ether oxygens (including phenoxy) is 4. The highest BCUT2D eigenvalue weighted by molar-refractivity contribution is 5.50. The maximum absolute atomic E-state index is 5.76. The van der Waals surface area contributed by atoms with Gasteiger partial charge in [0.25, 0.3) is 0 Å². The van der Waals surface area contributed by atoms with Crippen LogP contribution < -0.4 is 42.9 Å². The van der Waals surface area contributed by atoms with Crippen molar-refractivity contribution in [2.75, 3.05) is 49.1 Å². The second kappa shape index (κ2) is 9.22. The molecule has 0 aliphatic carbocycles. The summed E-state index contributed by atoms with van der Waals surface area (Å²) in [5.74, 6) is 3.27. The molecule has 28 heavy (non-hydrogen) atoms. The van der Waals surface area contributed by atoms with Crippen molar-refractivity contribution in [3.05, 3.63) is 47.0 Å². The van der Waals surface area contributed by atoms with Crippen molar-refractivity contribution < 1.29 is 47.4 Å². The third kappa shape index (κ3) is 4.33. The average molecular weight is 499 g/mol. The lowest BCUT2D eigenvalue weighted by Crippen LogP contribution is -3.00. The molecule has 0 saturated heterocycles. The van der Waals surface area contributed by atoms with E-state index < -0.39 is 0 Å². The van der Waals surface area contributed by atoms with Crippen LogP contribution in [0.4, 0.5) is 0 Å². The van der Waals surface area contributed by atoms with Crippen LogP contribution in [0.5, 0.6) is 23.0 Å². The fourth-order valence-corrected chi connectivity index (χ4v) is 4.02. The van der Waals surface area contributed by atoms with E-state index in [4.69, 9.17) is 18.9 Å². The Balaban J connectivity index is 0.00000280. The molecule has 5 nitrogen and oxygen atoms in total. The molecule has 2 aromatic carbocycles. The molecule has 3 rings (SSSR count). The number of methoxy groups -OCH3 is 4. The summed E-state index contributed by atoms with van der Waals surface area (Å²) < 4.78 is 23.0. The molecule has 2 aromatic rings. The Kier molecular flexibility index (Phi) is 7.45. The van der Waals surface area contributed by atoms with Gasteiger partial charge < -0.3 is 47.4 Å². The van der Waals surface area contributed by atoms with Crippen LogP contribution in [-0.4, -0.2) is 53.6 Å². The summed E-state index contributed by atoms with van der Waals surface area (Å²) in [6.45, 7) is 1.07. The number of benzene rings is 2. The maximum Gasteiger partial charge on any atom is 0.160 e. The van der Waals surface area contributed by atoms with Crippen LogP contribution in [-0.2, 0) is 12.8 Å². The Hall–Kier alpha value is -1.67. The molecular formula is C22H30INO4. The first-order valence-corrected chi connectivity index (χ1v) is 9.22.